The highest BCUT2D eigenvalue weighted by atomic mass is 16.5. The lowest BCUT2D eigenvalue weighted by Gasteiger charge is -2.15. The van der Waals surface area contributed by atoms with Crippen molar-refractivity contribution in [2.75, 3.05) is 20.3 Å². The van der Waals surface area contributed by atoms with Gasteiger partial charge in [0.2, 0.25) is 5.88 Å². The van der Waals surface area contributed by atoms with E-state index < -0.39 is 0 Å². The zero-order valence-corrected chi connectivity index (χ0v) is 12.5. The summed E-state index contributed by atoms with van der Waals surface area (Å²) in [6.07, 6.45) is 2.08. The van der Waals surface area contributed by atoms with Crippen LogP contribution in [-0.4, -0.2) is 31.3 Å². The van der Waals surface area contributed by atoms with Crippen molar-refractivity contribution >= 4 is 0 Å². The molecule has 0 spiro atoms. The topological polar surface area (TPSA) is 43.4 Å². The normalized spacial score (nSPS) is 12.4. The largest absolute Gasteiger partial charge is 0.472 e. The van der Waals surface area contributed by atoms with E-state index in [9.17, 15) is 0 Å². The third-order valence-corrected chi connectivity index (χ3v) is 2.72. The summed E-state index contributed by atoms with van der Waals surface area (Å²) in [5.41, 5.74) is 2.32. The van der Waals surface area contributed by atoms with Crippen LogP contribution < -0.4 is 10.1 Å². The quantitative estimate of drug-likeness (QED) is 0.746. The van der Waals surface area contributed by atoms with Gasteiger partial charge in [-0.25, -0.2) is 4.98 Å². The number of aryl methyl sites for hydroxylation is 1. The minimum absolute atomic E-state index is 0.0151. The molecule has 1 N–H and O–H groups in total. The Hall–Kier alpha value is -1.13. The molecule has 0 radical (unpaired) electrons. The number of hydrogen-bond acceptors (Lipinski definition) is 4. The van der Waals surface area contributed by atoms with Gasteiger partial charge in [-0.1, -0.05) is 20.3 Å². The summed E-state index contributed by atoms with van der Waals surface area (Å²) in [5.74, 6) is 0.698. The average molecular weight is 266 g/mol. The van der Waals surface area contributed by atoms with Crippen LogP contribution in [-0.2, 0) is 17.7 Å². The predicted molar refractivity (Wildman–Crippen MR) is 77.6 cm³/mol. The van der Waals surface area contributed by atoms with Gasteiger partial charge in [-0.3, -0.25) is 0 Å². The second kappa shape index (κ2) is 8.88. The van der Waals surface area contributed by atoms with Gasteiger partial charge in [-0.15, -0.1) is 0 Å². The molecular weight excluding hydrogens is 240 g/mol. The van der Waals surface area contributed by atoms with E-state index in [1.165, 1.54) is 5.56 Å². The van der Waals surface area contributed by atoms with Crippen LogP contribution in [0.1, 0.15) is 38.4 Å². The van der Waals surface area contributed by atoms with Crippen molar-refractivity contribution in [3.05, 3.63) is 23.4 Å². The highest BCUT2D eigenvalue weighted by Crippen LogP contribution is 2.15. The van der Waals surface area contributed by atoms with Crippen LogP contribution in [0.2, 0.25) is 0 Å². The van der Waals surface area contributed by atoms with E-state index in [0.717, 1.165) is 31.6 Å². The number of nitrogens with zero attached hydrogens (tertiary/aromatic N) is 1. The fraction of sp³-hybridized carbons (Fsp3) is 0.667. The Morgan fingerprint density at radius 3 is 2.74 bits per heavy atom. The second-order valence-electron chi connectivity index (χ2n) is 4.72. The van der Waals surface area contributed by atoms with Crippen LogP contribution in [0.15, 0.2) is 12.1 Å². The molecule has 0 saturated heterocycles. The lowest BCUT2D eigenvalue weighted by Crippen LogP contribution is -2.19. The Morgan fingerprint density at radius 1 is 1.32 bits per heavy atom. The number of aromatic nitrogens is 1. The molecule has 0 saturated carbocycles. The minimum Gasteiger partial charge on any atom is -0.472 e. The second-order valence-corrected chi connectivity index (χ2v) is 4.72. The fourth-order valence-corrected chi connectivity index (χ4v) is 1.91. The van der Waals surface area contributed by atoms with Gasteiger partial charge in [0, 0.05) is 25.4 Å². The monoisotopic (exact) mass is 266 g/mol. The van der Waals surface area contributed by atoms with E-state index in [-0.39, 0.29) is 6.10 Å². The van der Waals surface area contributed by atoms with E-state index >= 15 is 0 Å². The summed E-state index contributed by atoms with van der Waals surface area (Å²) in [4.78, 5) is 4.55. The van der Waals surface area contributed by atoms with Crippen molar-refractivity contribution in [3.8, 4) is 5.88 Å². The minimum atomic E-state index is 0.0151. The van der Waals surface area contributed by atoms with Gasteiger partial charge in [0.15, 0.2) is 0 Å². The molecule has 4 nitrogen and oxygen atoms in total. The lowest BCUT2D eigenvalue weighted by atomic mass is 10.1. The maximum Gasteiger partial charge on any atom is 0.214 e. The van der Waals surface area contributed by atoms with Crippen LogP contribution in [0.25, 0.3) is 0 Å². The van der Waals surface area contributed by atoms with Gasteiger partial charge < -0.3 is 14.8 Å². The molecular formula is C15H26N2O2. The Morgan fingerprint density at radius 2 is 2.11 bits per heavy atom. The molecule has 1 aromatic rings. The SMILES string of the molecule is CCCc1cc(CNCC)cc(OC(C)COC)n1. The van der Waals surface area contributed by atoms with Crippen molar-refractivity contribution in [3.63, 3.8) is 0 Å². The van der Waals surface area contributed by atoms with Crippen LogP contribution in [0.4, 0.5) is 0 Å². The van der Waals surface area contributed by atoms with E-state index in [2.05, 4.69) is 30.2 Å². The van der Waals surface area contributed by atoms with Crippen LogP contribution >= 0.6 is 0 Å². The van der Waals surface area contributed by atoms with Gasteiger partial charge in [-0.05, 0) is 31.5 Å². The predicted octanol–water partition coefficient (Wildman–Crippen LogP) is 2.56. The maximum absolute atomic E-state index is 5.80. The van der Waals surface area contributed by atoms with Gasteiger partial charge in [0.05, 0.1) is 6.61 Å². The highest BCUT2D eigenvalue weighted by molar-refractivity contribution is 5.25. The van der Waals surface area contributed by atoms with Crippen LogP contribution in [0.3, 0.4) is 0 Å². The fourth-order valence-electron chi connectivity index (χ4n) is 1.91. The summed E-state index contributed by atoms with van der Waals surface area (Å²) >= 11 is 0. The van der Waals surface area contributed by atoms with Gasteiger partial charge >= 0.3 is 0 Å². The van der Waals surface area contributed by atoms with E-state index in [0.29, 0.717) is 12.5 Å². The zero-order chi connectivity index (χ0) is 14.1. The molecule has 0 fully saturated rings. The summed E-state index contributed by atoms with van der Waals surface area (Å²) in [6, 6.07) is 4.16. The average Bonchev–Trinajstić information content (AvgIpc) is 2.36. The molecule has 1 atom stereocenters. The van der Waals surface area contributed by atoms with Crippen molar-refractivity contribution in [1.29, 1.82) is 0 Å². The maximum atomic E-state index is 5.80. The first-order chi connectivity index (χ1) is 9.19. The van der Waals surface area contributed by atoms with Gasteiger partial charge in [0.1, 0.15) is 6.10 Å². The standard InChI is InChI=1S/C15H26N2O2/c1-5-7-14-8-13(10-16-6-2)9-15(17-14)19-12(3)11-18-4/h8-9,12,16H,5-7,10-11H2,1-4H3. The smallest absolute Gasteiger partial charge is 0.214 e. The Labute approximate surface area is 116 Å². The van der Waals surface area contributed by atoms with Crippen molar-refractivity contribution in [1.82, 2.24) is 10.3 Å². The van der Waals surface area contributed by atoms with E-state index in [1.54, 1.807) is 7.11 Å². The summed E-state index contributed by atoms with van der Waals surface area (Å²) < 4.78 is 10.9. The van der Waals surface area contributed by atoms with Crippen LogP contribution in [0.5, 0.6) is 5.88 Å². The molecule has 1 heterocycles. The van der Waals surface area contributed by atoms with Crippen molar-refractivity contribution in [2.45, 2.75) is 46.3 Å². The van der Waals surface area contributed by atoms with Crippen molar-refractivity contribution in [2.24, 2.45) is 0 Å². The van der Waals surface area contributed by atoms with Gasteiger partial charge in [-0.2, -0.15) is 0 Å². The zero-order valence-electron chi connectivity index (χ0n) is 12.5. The summed E-state index contributed by atoms with van der Waals surface area (Å²) in [7, 11) is 1.68. The molecule has 1 rings (SSSR count). The summed E-state index contributed by atoms with van der Waals surface area (Å²) in [6.45, 7) is 8.63. The molecule has 0 aliphatic rings. The van der Waals surface area contributed by atoms with Gasteiger partial charge in [0.25, 0.3) is 0 Å². The first-order valence-electron chi connectivity index (χ1n) is 7.05. The number of ether oxygens (including phenoxy) is 2. The molecule has 19 heavy (non-hydrogen) atoms. The molecule has 1 aromatic heterocycles. The highest BCUT2D eigenvalue weighted by Gasteiger charge is 2.08. The molecule has 1 unspecified atom stereocenters. The van der Waals surface area contributed by atoms with E-state index in [4.69, 9.17) is 9.47 Å². The third-order valence-electron chi connectivity index (χ3n) is 2.72. The summed E-state index contributed by atoms with van der Waals surface area (Å²) in [5, 5.41) is 3.33. The van der Waals surface area contributed by atoms with E-state index in [1.807, 2.05) is 13.0 Å². The Kier molecular flexibility index (Phi) is 7.45. The third kappa shape index (κ3) is 6.03. The van der Waals surface area contributed by atoms with Crippen LogP contribution in [0, 0.1) is 0 Å². The molecule has 108 valence electrons. The molecule has 0 amide bonds. The Bertz CT molecular complexity index is 369. The number of pyridine rings is 1. The number of rotatable bonds is 9. The first-order valence-corrected chi connectivity index (χ1v) is 7.05. The number of nitrogens with one attached hydrogen (secondary N) is 1. The number of methoxy groups -OCH3 is 1. The first kappa shape index (κ1) is 15.9. The molecule has 0 aliphatic heterocycles. The molecule has 4 heteroatoms. The molecule has 0 aromatic carbocycles. The Balaban J connectivity index is 2.79. The molecule has 0 aliphatic carbocycles. The molecule has 0 bridgehead atoms. The number of hydrogen-bond donors (Lipinski definition) is 1. The lowest BCUT2D eigenvalue weighted by molar-refractivity contribution is 0.0887. The van der Waals surface area contributed by atoms with Crippen molar-refractivity contribution < 1.29 is 9.47 Å².